The van der Waals surface area contributed by atoms with Gasteiger partial charge in [0.1, 0.15) is 5.56 Å². The molecule has 6 nitrogen and oxygen atoms in total. The van der Waals surface area contributed by atoms with Gasteiger partial charge in [-0.3, -0.25) is 9.63 Å². The van der Waals surface area contributed by atoms with Gasteiger partial charge in [0.2, 0.25) is 5.88 Å². The van der Waals surface area contributed by atoms with Crippen molar-refractivity contribution >= 4 is 5.91 Å². The Bertz CT molecular complexity index is 348. The number of hydrogen-bond acceptors (Lipinski definition) is 4. The fourth-order valence-electron chi connectivity index (χ4n) is 1.37. The molecule has 76 valence electrons. The van der Waals surface area contributed by atoms with Crippen molar-refractivity contribution in [3.8, 4) is 5.88 Å². The Morgan fingerprint density at radius 3 is 3.43 bits per heavy atom. The predicted octanol–water partition coefficient (Wildman–Crippen LogP) is -0.0432. The van der Waals surface area contributed by atoms with E-state index in [1.54, 1.807) is 4.68 Å². The molecule has 1 N–H and O–H groups in total. The molecule has 2 rings (SSSR count). The first-order valence-electron chi connectivity index (χ1n) is 4.35. The van der Waals surface area contributed by atoms with E-state index in [9.17, 15) is 4.79 Å². The van der Waals surface area contributed by atoms with Gasteiger partial charge >= 0.3 is 0 Å². The summed E-state index contributed by atoms with van der Waals surface area (Å²) in [6, 6.07) is 0. The molecule has 14 heavy (non-hydrogen) atoms. The molecule has 0 aromatic carbocycles. The zero-order valence-electron chi connectivity index (χ0n) is 7.82. The molecular weight excluding hydrogens is 186 g/mol. The lowest BCUT2D eigenvalue weighted by atomic mass is 10.3. The van der Waals surface area contributed by atoms with Crippen LogP contribution in [0, 0.1) is 0 Å². The number of hydroxylamine groups is 1. The van der Waals surface area contributed by atoms with E-state index in [2.05, 4.69) is 15.4 Å². The lowest BCUT2D eigenvalue weighted by molar-refractivity contribution is 0.0532. The number of carbonyl (C=O) groups is 1. The Kier molecular flexibility index (Phi) is 2.36. The highest BCUT2D eigenvalue weighted by atomic mass is 16.6. The maximum absolute atomic E-state index is 11.4. The maximum atomic E-state index is 11.4. The summed E-state index contributed by atoms with van der Waals surface area (Å²) in [6.07, 6.45) is 2.40. The molecule has 2 heterocycles. The number of ether oxygens (including phenoxy) is 1. The zero-order valence-corrected chi connectivity index (χ0v) is 7.82. The highest BCUT2D eigenvalue weighted by Gasteiger charge is 2.21. The normalized spacial score (nSPS) is 14.4. The summed E-state index contributed by atoms with van der Waals surface area (Å²) in [5.41, 5.74) is 2.63. The van der Waals surface area contributed by atoms with Crippen molar-refractivity contribution in [2.75, 3.05) is 13.7 Å². The summed E-state index contributed by atoms with van der Waals surface area (Å²) >= 11 is 0. The number of nitrogens with one attached hydrogen (secondary N) is 1. The molecule has 1 aliphatic heterocycles. The van der Waals surface area contributed by atoms with Crippen LogP contribution in [0.1, 0.15) is 16.8 Å². The van der Waals surface area contributed by atoms with Crippen LogP contribution >= 0.6 is 0 Å². The van der Waals surface area contributed by atoms with E-state index < -0.39 is 0 Å². The second-order valence-electron chi connectivity index (χ2n) is 2.92. The van der Waals surface area contributed by atoms with Crippen LogP contribution in [0.2, 0.25) is 0 Å². The Balaban J connectivity index is 2.25. The van der Waals surface area contributed by atoms with Crippen LogP contribution in [-0.4, -0.2) is 29.4 Å². The number of nitrogens with zero attached hydrogens (tertiary/aromatic N) is 2. The summed E-state index contributed by atoms with van der Waals surface area (Å²) in [7, 11) is 1.38. The molecule has 0 bridgehead atoms. The number of aryl methyl sites for hydroxylation is 1. The first kappa shape index (κ1) is 9.01. The maximum Gasteiger partial charge on any atom is 0.281 e. The van der Waals surface area contributed by atoms with Crippen LogP contribution in [-0.2, 0) is 11.4 Å². The Morgan fingerprint density at radius 2 is 2.64 bits per heavy atom. The summed E-state index contributed by atoms with van der Waals surface area (Å²) in [6.45, 7) is 1.41. The molecule has 1 aliphatic rings. The average Bonchev–Trinajstić information content (AvgIpc) is 2.61. The van der Waals surface area contributed by atoms with Crippen molar-refractivity contribution in [2.24, 2.45) is 0 Å². The third-order valence-corrected chi connectivity index (χ3v) is 1.98. The molecule has 0 saturated heterocycles. The lowest BCUT2D eigenvalue weighted by Crippen LogP contribution is -2.23. The van der Waals surface area contributed by atoms with Gasteiger partial charge in [-0.1, -0.05) is 0 Å². The molecule has 0 atom stereocenters. The molecule has 0 radical (unpaired) electrons. The highest BCUT2D eigenvalue weighted by molar-refractivity contribution is 5.95. The average molecular weight is 197 g/mol. The number of aromatic nitrogens is 2. The van der Waals surface area contributed by atoms with Crippen LogP contribution in [0.4, 0.5) is 0 Å². The predicted molar refractivity (Wildman–Crippen MR) is 46.8 cm³/mol. The van der Waals surface area contributed by atoms with E-state index in [1.165, 1.54) is 13.3 Å². The fourth-order valence-corrected chi connectivity index (χ4v) is 1.37. The minimum absolute atomic E-state index is 0.337. The van der Waals surface area contributed by atoms with Gasteiger partial charge in [-0.2, -0.15) is 5.10 Å². The van der Waals surface area contributed by atoms with Crippen molar-refractivity contribution in [3.05, 3.63) is 11.8 Å². The van der Waals surface area contributed by atoms with Crippen molar-refractivity contribution in [2.45, 2.75) is 13.0 Å². The van der Waals surface area contributed by atoms with E-state index in [0.29, 0.717) is 18.1 Å². The minimum Gasteiger partial charge on any atom is -0.477 e. The quantitative estimate of drug-likeness (QED) is 0.675. The van der Waals surface area contributed by atoms with Gasteiger partial charge in [-0.05, 0) is 0 Å². The standard InChI is InChI=1S/C8H11N3O3/c1-13-10-7(12)6-5-9-11-3-2-4-14-8(6)11/h5H,2-4H2,1H3,(H,10,12). The number of hydrogen-bond donors (Lipinski definition) is 1. The molecule has 1 amide bonds. The molecule has 0 spiro atoms. The van der Waals surface area contributed by atoms with Crippen LogP contribution in [0.5, 0.6) is 5.88 Å². The van der Waals surface area contributed by atoms with E-state index in [1.807, 2.05) is 0 Å². The van der Waals surface area contributed by atoms with Gasteiger partial charge < -0.3 is 4.74 Å². The smallest absolute Gasteiger partial charge is 0.281 e. The van der Waals surface area contributed by atoms with Crippen LogP contribution in [0.25, 0.3) is 0 Å². The van der Waals surface area contributed by atoms with Crippen LogP contribution in [0.3, 0.4) is 0 Å². The third-order valence-electron chi connectivity index (χ3n) is 1.98. The van der Waals surface area contributed by atoms with Gasteiger partial charge in [0.05, 0.1) is 19.9 Å². The summed E-state index contributed by atoms with van der Waals surface area (Å²) in [4.78, 5) is 15.9. The largest absolute Gasteiger partial charge is 0.477 e. The SMILES string of the molecule is CONC(=O)c1cnn2c1OCCC2. The molecule has 0 unspecified atom stereocenters. The molecule has 0 aliphatic carbocycles. The zero-order chi connectivity index (χ0) is 9.97. The van der Waals surface area contributed by atoms with Crippen molar-refractivity contribution in [1.29, 1.82) is 0 Å². The first-order valence-corrected chi connectivity index (χ1v) is 4.35. The molecule has 1 aromatic heterocycles. The molecular formula is C8H11N3O3. The van der Waals surface area contributed by atoms with Gasteiger partial charge in [-0.25, -0.2) is 10.2 Å². The number of fused-ring (bicyclic) bond motifs is 1. The number of carbonyl (C=O) groups excluding carboxylic acids is 1. The van der Waals surface area contributed by atoms with E-state index in [-0.39, 0.29) is 5.91 Å². The summed E-state index contributed by atoms with van der Waals surface area (Å²) in [5.74, 6) is 0.182. The van der Waals surface area contributed by atoms with E-state index >= 15 is 0 Å². The number of amides is 1. The van der Waals surface area contributed by atoms with Crippen molar-refractivity contribution < 1.29 is 14.4 Å². The second kappa shape index (κ2) is 3.67. The van der Waals surface area contributed by atoms with Gasteiger partial charge in [0.15, 0.2) is 0 Å². The third kappa shape index (κ3) is 1.44. The Hall–Kier alpha value is -1.56. The Morgan fingerprint density at radius 1 is 1.79 bits per heavy atom. The van der Waals surface area contributed by atoms with Crippen molar-refractivity contribution in [3.63, 3.8) is 0 Å². The summed E-state index contributed by atoms with van der Waals surface area (Å²) in [5, 5.41) is 4.04. The minimum atomic E-state index is -0.337. The topological polar surface area (TPSA) is 65.4 Å². The van der Waals surface area contributed by atoms with E-state index in [0.717, 1.165) is 13.0 Å². The van der Waals surface area contributed by atoms with Crippen molar-refractivity contribution in [1.82, 2.24) is 15.3 Å². The lowest BCUT2D eigenvalue weighted by Gasteiger charge is -2.15. The van der Waals surface area contributed by atoms with Crippen LogP contribution < -0.4 is 10.2 Å². The molecule has 0 fully saturated rings. The monoisotopic (exact) mass is 197 g/mol. The Labute approximate surface area is 80.8 Å². The fraction of sp³-hybridized carbons (Fsp3) is 0.500. The summed E-state index contributed by atoms with van der Waals surface area (Å²) < 4.78 is 7.02. The van der Waals surface area contributed by atoms with Gasteiger partial charge in [0.25, 0.3) is 5.91 Å². The van der Waals surface area contributed by atoms with Crippen LogP contribution in [0.15, 0.2) is 6.20 Å². The second-order valence-corrected chi connectivity index (χ2v) is 2.92. The van der Waals surface area contributed by atoms with E-state index in [4.69, 9.17) is 4.74 Å². The first-order chi connectivity index (χ1) is 6.83. The van der Waals surface area contributed by atoms with Gasteiger partial charge in [-0.15, -0.1) is 0 Å². The molecule has 1 aromatic rings. The number of rotatable bonds is 2. The van der Waals surface area contributed by atoms with Gasteiger partial charge in [0, 0.05) is 13.0 Å². The molecule has 6 heteroatoms. The highest BCUT2D eigenvalue weighted by Crippen LogP contribution is 2.21. The molecule has 0 saturated carbocycles.